The molecule has 1 aliphatic rings. The molecule has 1 aliphatic carbocycles. The summed E-state index contributed by atoms with van der Waals surface area (Å²) in [6, 6.07) is 10.8. The van der Waals surface area contributed by atoms with Crippen LogP contribution in [0.25, 0.3) is 0 Å². The van der Waals surface area contributed by atoms with E-state index in [0.29, 0.717) is 23.8 Å². The van der Waals surface area contributed by atoms with Crippen molar-refractivity contribution in [3.63, 3.8) is 0 Å². The van der Waals surface area contributed by atoms with Gasteiger partial charge in [-0.05, 0) is 60.6 Å². The second-order valence-corrected chi connectivity index (χ2v) is 5.98. The van der Waals surface area contributed by atoms with E-state index >= 15 is 0 Å². The molecule has 25 heavy (non-hydrogen) atoms. The molecule has 0 amide bonds. The maximum atomic E-state index is 13.5. The highest BCUT2D eigenvalue weighted by molar-refractivity contribution is 14.0. The lowest BCUT2D eigenvalue weighted by Gasteiger charge is -2.19. The van der Waals surface area contributed by atoms with E-state index in [4.69, 9.17) is 10.5 Å². The number of guanidine groups is 1. The second kappa shape index (κ2) is 9.03. The molecule has 4 nitrogen and oxygen atoms in total. The first kappa shape index (κ1) is 19.5. The fourth-order valence-electron chi connectivity index (χ4n) is 3.08. The third-order valence-electron chi connectivity index (χ3n) is 4.26. The highest BCUT2D eigenvalue weighted by Crippen LogP contribution is 2.27. The van der Waals surface area contributed by atoms with Crippen molar-refractivity contribution in [1.82, 2.24) is 0 Å². The van der Waals surface area contributed by atoms with Gasteiger partial charge in [-0.1, -0.05) is 12.1 Å². The van der Waals surface area contributed by atoms with Crippen LogP contribution >= 0.6 is 24.0 Å². The Bertz CT molecular complexity index is 764. The topological polar surface area (TPSA) is 59.6 Å². The van der Waals surface area contributed by atoms with Gasteiger partial charge in [-0.2, -0.15) is 0 Å². The molecule has 134 valence electrons. The first-order valence-electron chi connectivity index (χ1n) is 8.17. The Kier molecular flexibility index (Phi) is 7.04. The lowest BCUT2D eigenvalue weighted by Crippen LogP contribution is -2.24. The Labute approximate surface area is 164 Å². The number of fused-ring (bicyclic) bond motifs is 1. The third kappa shape index (κ3) is 5.07. The molecule has 0 radical (unpaired) electrons. The van der Waals surface area contributed by atoms with Crippen LogP contribution < -0.4 is 15.8 Å². The fraction of sp³-hybridized carbons (Fsp3) is 0.316. The van der Waals surface area contributed by atoms with Gasteiger partial charge in [0.2, 0.25) is 0 Å². The number of rotatable bonds is 4. The SMILES string of the molecule is COc1cc(F)cc(CN=C(N)Nc2cccc3c2CCCC3)c1.I. The number of nitrogens with one attached hydrogen (secondary N) is 1. The Morgan fingerprint density at radius 2 is 2.04 bits per heavy atom. The van der Waals surface area contributed by atoms with Crippen molar-refractivity contribution in [3.05, 3.63) is 58.9 Å². The number of nitrogens with zero attached hydrogens (tertiary/aromatic N) is 1. The van der Waals surface area contributed by atoms with Crippen LogP contribution in [-0.2, 0) is 19.4 Å². The minimum absolute atomic E-state index is 0. The summed E-state index contributed by atoms with van der Waals surface area (Å²) in [6.07, 6.45) is 4.62. The predicted molar refractivity (Wildman–Crippen MR) is 110 cm³/mol. The number of halogens is 2. The number of ether oxygens (including phenoxy) is 1. The van der Waals surface area contributed by atoms with Crippen molar-refractivity contribution >= 4 is 35.6 Å². The highest BCUT2D eigenvalue weighted by atomic mass is 127. The maximum Gasteiger partial charge on any atom is 0.193 e. The first-order valence-corrected chi connectivity index (χ1v) is 8.17. The van der Waals surface area contributed by atoms with Crippen LogP contribution in [0.3, 0.4) is 0 Å². The zero-order valence-corrected chi connectivity index (χ0v) is 16.5. The van der Waals surface area contributed by atoms with E-state index in [1.807, 2.05) is 12.1 Å². The van der Waals surface area contributed by atoms with Gasteiger partial charge in [0.05, 0.1) is 13.7 Å². The molecule has 0 bridgehead atoms. The van der Waals surface area contributed by atoms with E-state index in [2.05, 4.69) is 16.4 Å². The maximum absolute atomic E-state index is 13.5. The number of hydrogen-bond donors (Lipinski definition) is 2. The molecule has 0 fully saturated rings. The average Bonchev–Trinajstić information content (AvgIpc) is 2.60. The van der Waals surface area contributed by atoms with Gasteiger partial charge < -0.3 is 15.8 Å². The molecule has 0 aliphatic heterocycles. The molecule has 0 atom stereocenters. The zero-order chi connectivity index (χ0) is 16.9. The Hall–Kier alpha value is -1.83. The number of benzene rings is 2. The molecular weight excluding hydrogens is 432 g/mol. The van der Waals surface area contributed by atoms with Gasteiger partial charge in [-0.3, -0.25) is 0 Å². The van der Waals surface area contributed by atoms with E-state index < -0.39 is 0 Å². The minimum atomic E-state index is -0.344. The van der Waals surface area contributed by atoms with Gasteiger partial charge in [0.25, 0.3) is 0 Å². The van der Waals surface area contributed by atoms with Gasteiger partial charge in [-0.25, -0.2) is 9.38 Å². The summed E-state index contributed by atoms with van der Waals surface area (Å²) in [5, 5.41) is 3.19. The summed E-state index contributed by atoms with van der Waals surface area (Å²) in [5.41, 5.74) is 10.5. The molecule has 0 heterocycles. The van der Waals surface area contributed by atoms with Crippen LogP contribution in [0.2, 0.25) is 0 Å². The van der Waals surface area contributed by atoms with Gasteiger partial charge in [-0.15, -0.1) is 24.0 Å². The monoisotopic (exact) mass is 455 g/mol. The van der Waals surface area contributed by atoms with Crippen LogP contribution in [0, 0.1) is 5.82 Å². The van der Waals surface area contributed by atoms with Gasteiger partial charge in [0.15, 0.2) is 5.96 Å². The van der Waals surface area contributed by atoms with Crippen LogP contribution in [0.4, 0.5) is 10.1 Å². The van der Waals surface area contributed by atoms with Crippen molar-refractivity contribution < 1.29 is 9.13 Å². The van der Waals surface area contributed by atoms with Gasteiger partial charge in [0.1, 0.15) is 11.6 Å². The fourth-order valence-corrected chi connectivity index (χ4v) is 3.08. The van der Waals surface area contributed by atoms with E-state index in [-0.39, 0.29) is 29.8 Å². The number of methoxy groups -OCH3 is 1. The number of hydrogen-bond acceptors (Lipinski definition) is 2. The smallest absolute Gasteiger partial charge is 0.193 e. The first-order chi connectivity index (χ1) is 11.7. The lowest BCUT2D eigenvalue weighted by atomic mass is 9.90. The Balaban J connectivity index is 0.00000225. The van der Waals surface area contributed by atoms with Crippen molar-refractivity contribution in [2.75, 3.05) is 12.4 Å². The van der Waals surface area contributed by atoms with Crippen molar-refractivity contribution in [3.8, 4) is 5.75 Å². The Morgan fingerprint density at radius 3 is 2.84 bits per heavy atom. The van der Waals surface area contributed by atoms with Crippen molar-refractivity contribution in [2.45, 2.75) is 32.2 Å². The molecule has 3 N–H and O–H groups in total. The van der Waals surface area contributed by atoms with E-state index in [0.717, 1.165) is 18.5 Å². The van der Waals surface area contributed by atoms with E-state index in [1.165, 1.54) is 43.2 Å². The summed E-state index contributed by atoms with van der Waals surface area (Å²) in [6.45, 7) is 0.294. The average molecular weight is 455 g/mol. The number of aryl methyl sites for hydroxylation is 1. The third-order valence-corrected chi connectivity index (χ3v) is 4.26. The van der Waals surface area contributed by atoms with Crippen molar-refractivity contribution in [1.29, 1.82) is 0 Å². The molecule has 0 unspecified atom stereocenters. The molecule has 0 spiro atoms. The summed E-state index contributed by atoms with van der Waals surface area (Å²) < 4.78 is 18.6. The number of nitrogens with two attached hydrogens (primary N) is 1. The molecule has 0 saturated heterocycles. The van der Waals surface area contributed by atoms with Crippen LogP contribution in [0.1, 0.15) is 29.5 Å². The molecule has 6 heteroatoms. The molecule has 2 aromatic rings. The largest absolute Gasteiger partial charge is 0.497 e. The van der Waals surface area contributed by atoms with E-state index in [1.54, 1.807) is 6.07 Å². The van der Waals surface area contributed by atoms with Gasteiger partial charge >= 0.3 is 0 Å². The highest BCUT2D eigenvalue weighted by Gasteiger charge is 2.13. The normalized spacial score (nSPS) is 13.6. The molecule has 0 aromatic heterocycles. The van der Waals surface area contributed by atoms with Crippen molar-refractivity contribution in [2.24, 2.45) is 10.7 Å². The van der Waals surface area contributed by atoms with Crippen LogP contribution in [0.5, 0.6) is 5.75 Å². The summed E-state index contributed by atoms with van der Waals surface area (Å²) in [4.78, 5) is 4.32. The molecule has 3 rings (SSSR count). The number of aliphatic imine (C=N–C) groups is 1. The Morgan fingerprint density at radius 1 is 1.24 bits per heavy atom. The second-order valence-electron chi connectivity index (χ2n) is 5.98. The molecule has 2 aromatic carbocycles. The molecule has 0 saturated carbocycles. The number of anilines is 1. The van der Waals surface area contributed by atoms with E-state index in [9.17, 15) is 4.39 Å². The zero-order valence-electron chi connectivity index (χ0n) is 14.2. The summed E-state index contributed by atoms with van der Waals surface area (Å²) >= 11 is 0. The van der Waals surface area contributed by atoms with Gasteiger partial charge in [0, 0.05) is 11.8 Å². The molecular formula is C19H23FIN3O. The predicted octanol–water partition coefficient (Wildman–Crippen LogP) is 4.26. The summed E-state index contributed by atoms with van der Waals surface area (Å²) in [5.74, 6) is 0.462. The lowest BCUT2D eigenvalue weighted by molar-refractivity contribution is 0.410. The standard InChI is InChI=1S/C19H22FN3O.HI/c1-24-16-10-13(9-15(20)11-16)12-22-19(21)23-18-8-4-6-14-5-2-3-7-17(14)18;/h4,6,8-11H,2-3,5,7,12H2,1H3,(H3,21,22,23);1H. The van der Waals surface area contributed by atoms with Crippen LogP contribution in [0.15, 0.2) is 41.4 Å². The van der Waals surface area contributed by atoms with Crippen LogP contribution in [-0.4, -0.2) is 13.1 Å². The minimum Gasteiger partial charge on any atom is -0.497 e. The quantitative estimate of drug-likeness (QED) is 0.412. The summed E-state index contributed by atoms with van der Waals surface area (Å²) in [7, 11) is 1.51.